The summed E-state index contributed by atoms with van der Waals surface area (Å²) < 4.78 is 13.1. The van der Waals surface area contributed by atoms with Gasteiger partial charge in [-0.2, -0.15) is 0 Å². The Morgan fingerprint density at radius 2 is 2.14 bits per heavy atom. The van der Waals surface area contributed by atoms with Crippen molar-refractivity contribution in [2.24, 2.45) is 0 Å². The number of nitrogens with zero attached hydrogens (tertiary/aromatic N) is 2. The molecule has 2 aromatic rings. The molecule has 2 heterocycles. The van der Waals surface area contributed by atoms with Gasteiger partial charge in [-0.05, 0) is 12.1 Å². The zero-order valence-corrected chi connectivity index (χ0v) is 12.8. The molecule has 0 radical (unpaired) electrons. The molecule has 0 unspecified atom stereocenters. The number of hydrogen-bond acceptors (Lipinski definition) is 4. The van der Waals surface area contributed by atoms with Crippen LogP contribution in [0.3, 0.4) is 0 Å². The molecule has 5 heteroatoms. The molecule has 0 amide bonds. The minimum Gasteiger partial charge on any atom is -0.497 e. The summed E-state index contributed by atoms with van der Waals surface area (Å²) in [6.45, 7) is 3.96. The van der Waals surface area contributed by atoms with Crippen molar-refractivity contribution < 1.29 is 9.47 Å². The van der Waals surface area contributed by atoms with Gasteiger partial charge >= 0.3 is 0 Å². The number of methoxy groups -OCH3 is 2. The SMILES string of the molecule is CCc1nc2c(n1-c1ccc(OC)cc1OC)CCNC2. The summed E-state index contributed by atoms with van der Waals surface area (Å²) in [5.74, 6) is 2.68. The zero-order chi connectivity index (χ0) is 14.8. The van der Waals surface area contributed by atoms with Crippen molar-refractivity contribution in [3.8, 4) is 17.2 Å². The van der Waals surface area contributed by atoms with Crippen molar-refractivity contribution in [3.63, 3.8) is 0 Å². The lowest BCUT2D eigenvalue weighted by atomic mass is 10.1. The number of rotatable bonds is 4. The van der Waals surface area contributed by atoms with E-state index < -0.39 is 0 Å². The molecule has 0 aliphatic carbocycles. The normalized spacial score (nSPS) is 13.9. The van der Waals surface area contributed by atoms with Crippen molar-refractivity contribution in [2.45, 2.75) is 26.3 Å². The summed E-state index contributed by atoms with van der Waals surface area (Å²) >= 11 is 0. The van der Waals surface area contributed by atoms with Gasteiger partial charge in [0, 0.05) is 37.7 Å². The quantitative estimate of drug-likeness (QED) is 0.935. The first-order valence-electron chi connectivity index (χ1n) is 7.31. The molecule has 0 atom stereocenters. The van der Waals surface area contributed by atoms with Crippen LogP contribution in [0.4, 0.5) is 0 Å². The van der Waals surface area contributed by atoms with Crippen LogP contribution in [0, 0.1) is 0 Å². The first-order chi connectivity index (χ1) is 10.3. The maximum Gasteiger partial charge on any atom is 0.146 e. The van der Waals surface area contributed by atoms with Crippen LogP contribution < -0.4 is 14.8 Å². The van der Waals surface area contributed by atoms with Crippen molar-refractivity contribution in [1.29, 1.82) is 0 Å². The molecule has 0 spiro atoms. The number of hydrogen-bond donors (Lipinski definition) is 1. The van der Waals surface area contributed by atoms with Crippen LogP contribution in [-0.4, -0.2) is 30.3 Å². The molecular formula is C16H21N3O2. The molecule has 1 aliphatic rings. The number of imidazole rings is 1. The van der Waals surface area contributed by atoms with Crippen molar-refractivity contribution in [3.05, 3.63) is 35.4 Å². The van der Waals surface area contributed by atoms with Crippen molar-refractivity contribution >= 4 is 0 Å². The molecule has 1 aliphatic heterocycles. The largest absolute Gasteiger partial charge is 0.497 e. The van der Waals surface area contributed by atoms with E-state index in [1.165, 1.54) is 5.69 Å². The molecule has 0 saturated carbocycles. The topological polar surface area (TPSA) is 48.3 Å². The third-order valence-electron chi connectivity index (χ3n) is 3.90. The standard InChI is InChI=1S/C16H21N3O2/c1-4-16-18-12-10-17-8-7-13(12)19(16)14-6-5-11(20-2)9-15(14)21-3/h5-6,9,17H,4,7-8,10H2,1-3H3. The Bertz CT molecular complexity index is 649. The summed E-state index contributed by atoms with van der Waals surface area (Å²) in [7, 11) is 3.35. The Morgan fingerprint density at radius 1 is 1.29 bits per heavy atom. The van der Waals surface area contributed by atoms with Crippen molar-refractivity contribution in [2.75, 3.05) is 20.8 Å². The van der Waals surface area contributed by atoms with E-state index in [1.54, 1.807) is 14.2 Å². The van der Waals surface area contributed by atoms with E-state index in [0.717, 1.165) is 54.6 Å². The van der Waals surface area contributed by atoms with Crippen LogP contribution >= 0.6 is 0 Å². The molecule has 0 fully saturated rings. The van der Waals surface area contributed by atoms with Gasteiger partial charge in [0.05, 0.1) is 25.6 Å². The number of fused-ring (bicyclic) bond motifs is 1. The number of aryl methyl sites for hydroxylation is 1. The maximum atomic E-state index is 5.56. The van der Waals surface area contributed by atoms with Gasteiger partial charge in [0.15, 0.2) is 0 Å². The first kappa shape index (κ1) is 13.9. The fourth-order valence-electron chi connectivity index (χ4n) is 2.86. The zero-order valence-electron chi connectivity index (χ0n) is 12.8. The molecular weight excluding hydrogens is 266 g/mol. The van der Waals surface area contributed by atoms with Gasteiger partial charge in [0.2, 0.25) is 0 Å². The Balaban J connectivity index is 2.17. The Labute approximate surface area is 124 Å². The smallest absolute Gasteiger partial charge is 0.146 e. The summed E-state index contributed by atoms with van der Waals surface area (Å²) in [5.41, 5.74) is 3.47. The fourth-order valence-corrected chi connectivity index (χ4v) is 2.86. The lowest BCUT2D eigenvalue weighted by Crippen LogP contribution is -2.24. The van der Waals surface area contributed by atoms with Crippen LogP contribution in [0.1, 0.15) is 24.1 Å². The molecule has 112 valence electrons. The van der Waals surface area contributed by atoms with E-state index in [9.17, 15) is 0 Å². The molecule has 0 bridgehead atoms. The Kier molecular flexibility index (Phi) is 3.84. The highest BCUT2D eigenvalue weighted by Crippen LogP contribution is 2.31. The molecule has 0 saturated heterocycles. The molecule has 3 rings (SSSR count). The molecule has 5 nitrogen and oxygen atoms in total. The fraction of sp³-hybridized carbons (Fsp3) is 0.438. The minimum atomic E-state index is 0.796. The maximum absolute atomic E-state index is 5.56. The highest BCUT2D eigenvalue weighted by molar-refractivity contribution is 5.53. The summed E-state index contributed by atoms with van der Waals surface area (Å²) in [6, 6.07) is 5.92. The Hall–Kier alpha value is -2.01. The third-order valence-corrected chi connectivity index (χ3v) is 3.90. The van der Waals surface area contributed by atoms with Crippen LogP contribution in [0.2, 0.25) is 0 Å². The molecule has 1 aromatic heterocycles. The average molecular weight is 287 g/mol. The second-order valence-corrected chi connectivity index (χ2v) is 5.07. The van der Waals surface area contributed by atoms with E-state index >= 15 is 0 Å². The van der Waals surface area contributed by atoms with Gasteiger partial charge in [-0.3, -0.25) is 4.57 Å². The van der Waals surface area contributed by atoms with Gasteiger partial charge in [0.25, 0.3) is 0 Å². The van der Waals surface area contributed by atoms with E-state index in [-0.39, 0.29) is 0 Å². The second-order valence-electron chi connectivity index (χ2n) is 5.07. The Morgan fingerprint density at radius 3 is 2.86 bits per heavy atom. The van der Waals surface area contributed by atoms with Crippen LogP contribution in [0.15, 0.2) is 18.2 Å². The first-order valence-corrected chi connectivity index (χ1v) is 7.31. The molecule has 1 N–H and O–H groups in total. The predicted molar refractivity (Wildman–Crippen MR) is 81.5 cm³/mol. The number of aromatic nitrogens is 2. The van der Waals surface area contributed by atoms with Crippen LogP contribution in [-0.2, 0) is 19.4 Å². The van der Waals surface area contributed by atoms with E-state index in [2.05, 4.69) is 16.8 Å². The lowest BCUT2D eigenvalue weighted by Gasteiger charge is -2.18. The monoisotopic (exact) mass is 287 g/mol. The lowest BCUT2D eigenvalue weighted by molar-refractivity contribution is 0.392. The minimum absolute atomic E-state index is 0.796. The van der Waals surface area contributed by atoms with Crippen molar-refractivity contribution in [1.82, 2.24) is 14.9 Å². The summed E-state index contributed by atoms with van der Waals surface area (Å²) in [5, 5.41) is 3.38. The predicted octanol–water partition coefficient (Wildman–Crippen LogP) is 2.10. The number of ether oxygens (including phenoxy) is 2. The second kappa shape index (κ2) is 5.77. The van der Waals surface area contributed by atoms with Crippen LogP contribution in [0.5, 0.6) is 11.5 Å². The van der Waals surface area contributed by atoms with E-state index in [1.807, 2.05) is 18.2 Å². The average Bonchev–Trinajstić information content (AvgIpc) is 2.92. The third kappa shape index (κ3) is 2.38. The molecule has 21 heavy (non-hydrogen) atoms. The van der Waals surface area contributed by atoms with E-state index in [4.69, 9.17) is 14.5 Å². The van der Waals surface area contributed by atoms with Gasteiger partial charge in [-0.25, -0.2) is 4.98 Å². The number of nitrogens with one attached hydrogen (secondary N) is 1. The molecule has 1 aromatic carbocycles. The highest BCUT2D eigenvalue weighted by Gasteiger charge is 2.21. The van der Waals surface area contributed by atoms with E-state index in [0.29, 0.717) is 0 Å². The van der Waals surface area contributed by atoms with Gasteiger partial charge in [-0.1, -0.05) is 6.92 Å². The van der Waals surface area contributed by atoms with Gasteiger partial charge in [-0.15, -0.1) is 0 Å². The van der Waals surface area contributed by atoms with Crippen LogP contribution in [0.25, 0.3) is 5.69 Å². The summed E-state index contributed by atoms with van der Waals surface area (Å²) in [4.78, 5) is 4.78. The summed E-state index contributed by atoms with van der Waals surface area (Å²) in [6.07, 6.45) is 1.87. The highest BCUT2D eigenvalue weighted by atomic mass is 16.5. The number of benzene rings is 1. The van der Waals surface area contributed by atoms with Gasteiger partial charge in [0.1, 0.15) is 17.3 Å². The van der Waals surface area contributed by atoms with Gasteiger partial charge < -0.3 is 14.8 Å².